The quantitative estimate of drug-likeness (QED) is 0.0315. The number of hydrogen-bond donors (Lipinski definition) is 0. The summed E-state index contributed by atoms with van der Waals surface area (Å²) in [4.78, 5) is 11.0. The number of benzene rings is 2. The van der Waals surface area contributed by atoms with E-state index in [9.17, 15) is 0 Å². The van der Waals surface area contributed by atoms with E-state index in [1.807, 2.05) is 0 Å². The Labute approximate surface area is 330 Å². The van der Waals surface area contributed by atoms with Gasteiger partial charge in [-0.3, -0.25) is 9.98 Å². The van der Waals surface area contributed by atoms with Crippen LogP contribution in [-0.2, 0) is 33.3 Å². The third-order valence-electron chi connectivity index (χ3n) is 9.78. The minimum absolute atomic E-state index is 0. The van der Waals surface area contributed by atoms with Crippen molar-refractivity contribution in [3.05, 3.63) is 84.0 Å². The average molecular weight is 788 g/mol. The summed E-state index contributed by atoms with van der Waals surface area (Å²) in [6, 6.07) is 17.7. The predicted molar refractivity (Wildman–Crippen MR) is 226 cm³/mol. The molecule has 0 atom stereocenters. The van der Waals surface area contributed by atoms with Gasteiger partial charge in [0.25, 0.3) is 0 Å². The first-order valence-corrected chi connectivity index (χ1v) is 21.3. The minimum Gasteiger partial charge on any atom is -0.251 e. The molecule has 2 nitrogen and oxygen atoms in total. The van der Waals surface area contributed by atoms with E-state index >= 15 is 0 Å². The van der Waals surface area contributed by atoms with Gasteiger partial charge in [-0.1, -0.05) is 165 Å². The Morgan fingerprint density at radius 1 is 0.412 bits per heavy atom. The summed E-state index contributed by atoms with van der Waals surface area (Å²) in [5, 5.41) is 0. The summed E-state index contributed by atoms with van der Waals surface area (Å²) < 4.78 is 0. The number of aryl methyl sites for hydroxylation is 2. The number of allylic oxidation sites excluding steroid dienone is 4. The molecule has 0 radical (unpaired) electrons. The zero-order valence-corrected chi connectivity index (χ0v) is 35.1. The van der Waals surface area contributed by atoms with Crippen LogP contribution in [0.2, 0.25) is 0 Å². The standard InChI is InChI=1S/C48H76N2.Pd/c1-5-9-13-16-18-20-22-24-26-28-35-43-37-31-33-40-45(43)49-47(39-12-8-4)48(42-30-15-11-7-3)50-46-41-34-32-38-44(46)36-29-27-25-23-21-19-17-14-10-6-2;/h22-25,31-34,37-38,40-41H,5-21,26-30,35-36,39,42H2,1-4H3;. The molecule has 0 saturated carbocycles. The number of nitrogens with zero attached hydrogens (tertiary/aromatic N) is 2. The summed E-state index contributed by atoms with van der Waals surface area (Å²) in [6.07, 6.45) is 41.7. The normalized spacial score (nSPS) is 12.3. The summed E-state index contributed by atoms with van der Waals surface area (Å²) in [6.45, 7) is 9.16. The summed E-state index contributed by atoms with van der Waals surface area (Å²) >= 11 is 0. The van der Waals surface area contributed by atoms with Crippen LogP contribution in [0.4, 0.5) is 11.4 Å². The van der Waals surface area contributed by atoms with Crippen LogP contribution < -0.4 is 0 Å². The molecule has 2 aromatic carbocycles. The van der Waals surface area contributed by atoms with Gasteiger partial charge in [-0.2, -0.15) is 0 Å². The van der Waals surface area contributed by atoms with Gasteiger partial charge < -0.3 is 0 Å². The van der Waals surface area contributed by atoms with Gasteiger partial charge in [0.05, 0.1) is 22.8 Å². The number of unbranched alkanes of at least 4 members (excludes halogenated alkanes) is 16. The molecule has 3 heteroatoms. The van der Waals surface area contributed by atoms with Crippen molar-refractivity contribution in [3.8, 4) is 0 Å². The van der Waals surface area contributed by atoms with E-state index in [1.54, 1.807) is 0 Å². The first-order chi connectivity index (χ1) is 24.7. The van der Waals surface area contributed by atoms with Crippen LogP contribution in [0.15, 0.2) is 82.8 Å². The van der Waals surface area contributed by atoms with Crippen LogP contribution in [0, 0.1) is 0 Å². The maximum atomic E-state index is 5.49. The molecular formula is C48H76N2Pd. The van der Waals surface area contributed by atoms with Crippen LogP contribution >= 0.6 is 0 Å². The maximum absolute atomic E-state index is 5.49. The van der Waals surface area contributed by atoms with Gasteiger partial charge in [-0.05, 0) is 113 Å². The largest absolute Gasteiger partial charge is 0.251 e. The number of para-hydroxylation sites is 2. The SMILES string of the molecule is CCCCCCCC=CCCCc1ccccc1N=C(CCCC)C(CCCCCC)=Nc1ccccc1CCCC=CCCCCCCC.[Pd]. The zero-order valence-electron chi connectivity index (χ0n) is 33.5. The molecule has 0 aliphatic rings. The second-order valence-corrected chi connectivity index (χ2v) is 14.4. The van der Waals surface area contributed by atoms with Gasteiger partial charge in [0.15, 0.2) is 0 Å². The first-order valence-electron chi connectivity index (χ1n) is 21.3. The van der Waals surface area contributed by atoms with Crippen molar-refractivity contribution in [1.82, 2.24) is 0 Å². The van der Waals surface area contributed by atoms with E-state index in [0.29, 0.717) is 0 Å². The van der Waals surface area contributed by atoms with E-state index in [1.165, 1.54) is 138 Å². The molecule has 0 fully saturated rings. The van der Waals surface area contributed by atoms with Crippen molar-refractivity contribution in [2.24, 2.45) is 9.98 Å². The number of hydrogen-bond acceptors (Lipinski definition) is 2. The van der Waals surface area contributed by atoms with Crippen LogP contribution in [0.25, 0.3) is 0 Å². The summed E-state index contributed by atoms with van der Waals surface area (Å²) in [5.74, 6) is 0. The molecule has 0 N–H and O–H groups in total. The minimum atomic E-state index is 0. The number of rotatable bonds is 31. The maximum Gasteiger partial charge on any atom is 0.0665 e. The topological polar surface area (TPSA) is 24.7 Å². The Morgan fingerprint density at radius 2 is 0.765 bits per heavy atom. The van der Waals surface area contributed by atoms with Gasteiger partial charge in [0.1, 0.15) is 0 Å². The molecule has 0 bridgehead atoms. The molecule has 0 saturated heterocycles. The summed E-state index contributed by atoms with van der Waals surface area (Å²) in [5.41, 5.74) is 7.44. The van der Waals surface area contributed by atoms with Crippen molar-refractivity contribution in [2.75, 3.05) is 0 Å². The van der Waals surface area contributed by atoms with E-state index in [4.69, 9.17) is 9.98 Å². The van der Waals surface area contributed by atoms with Gasteiger partial charge >= 0.3 is 0 Å². The Balaban J connectivity index is 0.0000130. The molecule has 2 rings (SSSR count). The Bertz CT molecular complexity index is 1220. The monoisotopic (exact) mass is 787 g/mol. The van der Waals surface area contributed by atoms with E-state index in [2.05, 4.69) is 101 Å². The second-order valence-electron chi connectivity index (χ2n) is 14.4. The molecule has 0 aliphatic heterocycles. The van der Waals surface area contributed by atoms with Gasteiger partial charge in [0.2, 0.25) is 0 Å². The molecule has 2 aromatic rings. The van der Waals surface area contributed by atoms with Crippen LogP contribution in [-0.4, -0.2) is 11.4 Å². The molecule has 51 heavy (non-hydrogen) atoms. The van der Waals surface area contributed by atoms with Gasteiger partial charge in [-0.15, -0.1) is 0 Å². The van der Waals surface area contributed by atoms with Crippen molar-refractivity contribution < 1.29 is 20.4 Å². The first kappa shape index (κ1) is 46.9. The molecule has 0 unspecified atom stereocenters. The van der Waals surface area contributed by atoms with Crippen molar-refractivity contribution in [3.63, 3.8) is 0 Å². The molecule has 288 valence electrons. The fourth-order valence-corrected chi connectivity index (χ4v) is 6.57. The second kappa shape index (κ2) is 33.7. The predicted octanol–water partition coefficient (Wildman–Crippen LogP) is 16.2. The third-order valence-corrected chi connectivity index (χ3v) is 9.78. The van der Waals surface area contributed by atoms with E-state index in [-0.39, 0.29) is 20.4 Å². The van der Waals surface area contributed by atoms with Crippen LogP contribution in [0.5, 0.6) is 0 Å². The molecule has 0 aromatic heterocycles. The Kier molecular flexibility index (Phi) is 31.1. The third kappa shape index (κ3) is 23.3. The molecule has 0 spiro atoms. The zero-order chi connectivity index (χ0) is 35.7. The van der Waals surface area contributed by atoms with E-state index in [0.717, 1.165) is 62.7 Å². The molecular weight excluding hydrogens is 711 g/mol. The Morgan fingerprint density at radius 3 is 1.20 bits per heavy atom. The van der Waals surface area contributed by atoms with Crippen LogP contribution in [0.3, 0.4) is 0 Å². The van der Waals surface area contributed by atoms with Crippen molar-refractivity contribution in [1.29, 1.82) is 0 Å². The smallest absolute Gasteiger partial charge is 0.0665 e. The Hall–Kier alpha value is -2.08. The average Bonchev–Trinajstić information content (AvgIpc) is 3.14. The molecule has 0 amide bonds. The van der Waals surface area contributed by atoms with E-state index < -0.39 is 0 Å². The number of aliphatic imine (C=N–C) groups is 2. The summed E-state index contributed by atoms with van der Waals surface area (Å²) in [7, 11) is 0. The molecule has 0 heterocycles. The van der Waals surface area contributed by atoms with Crippen LogP contribution in [0.1, 0.15) is 193 Å². The van der Waals surface area contributed by atoms with Gasteiger partial charge in [-0.25, -0.2) is 0 Å². The van der Waals surface area contributed by atoms with Gasteiger partial charge in [0, 0.05) is 20.4 Å². The van der Waals surface area contributed by atoms with Crippen molar-refractivity contribution >= 4 is 22.8 Å². The fourth-order valence-electron chi connectivity index (χ4n) is 6.57. The fraction of sp³-hybridized carbons (Fsp3) is 0.625. The van der Waals surface area contributed by atoms with Crippen molar-refractivity contribution in [2.45, 2.75) is 195 Å². The molecule has 0 aliphatic carbocycles.